The third kappa shape index (κ3) is 4.15. The standard InChI is InChI=1S/C25H34F2/c1-2-3-4-5-17-6-11-22-20(14-17)7-8-21-15-18(9-12-23(21)22)19-10-13-24(26)25(27)16-19/h4-5,10,13,16-18,20-23H,2-3,6-9,11-12,14-15H2,1H3/b5-4+. The molecule has 0 spiro atoms. The molecule has 148 valence electrons. The zero-order chi connectivity index (χ0) is 18.8. The molecule has 2 heteroatoms. The van der Waals surface area contributed by atoms with Gasteiger partial charge in [-0.1, -0.05) is 31.6 Å². The summed E-state index contributed by atoms with van der Waals surface area (Å²) in [4.78, 5) is 0. The molecule has 0 radical (unpaired) electrons. The highest BCUT2D eigenvalue weighted by molar-refractivity contribution is 5.23. The molecule has 3 fully saturated rings. The Morgan fingerprint density at radius 2 is 1.63 bits per heavy atom. The van der Waals surface area contributed by atoms with Crippen LogP contribution in [-0.2, 0) is 0 Å². The maximum Gasteiger partial charge on any atom is 0.159 e. The molecule has 3 aliphatic rings. The number of allylic oxidation sites excluding steroid dienone is 2. The van der Waals surface area contributed by atoms with Crippen LogP contribution in [0.2, 0.25) is 0 Å². The number of fused-ring (bicyclic) bond motifs is 3. The molecule has 0 aromatic heterocycles. The number of hydrogen-bond acceptors (Lipinski definition) is 0. The molecule has 0 saturated heterocycles. The zero-order valence-corrected chi connectivity index (χ0v) is 16.7. The Kier molecular flexibility index (Phi) is 5.99. The molecule has 1 aromatic rings. The van der Waals surface area contributed by atoms with Crippen molar-refractivity contribution in [1.82, 2.24) is 0 Å². The first kappa shape index (κ1) is 19.2. The van der Waals surface area contributed by atoms with E-state index >= 15 is 0 Å². The Morgan fingerprint density at radius 1 is 0.889 bits per heavy atom. The van der Waals surface area contributed by atoms with E-state index in [-0.39, 0.29) is 0 Å². The summed E-state index contributed by atoms with van der Waals surface area (Å²) in [5, 5.41) is 0. The van der Waals surface area contributed by atoms with Gasteiger partial charge in [0.15, 0.2) is 11.6 Å². The quantitative estimate of drug-likeness (QED) is 0.476. The normalized spacial score (nSPS) is 36.4. The minimum Gasteiger partial charge on any atom is -0.204 e. The van der Waals surface area contributed by atoms with Crippen molar-refractivity contribution in [3.8, 4) is 0 Å². The van der Waals surface area contributed by atoms with Crippen molar-refractivity contribution >= 4 is 0 Å². The van der Waals surface area contributed by atoms with Gasteiger partial charge in [0.2, 0.25) is 0 Å². The van der Waals surface area contributed by atoms with Crippen LogP contribution in [0.4, 0.5) is 8.78 Å². The average molecular weight is 373 g/mol. The van der Waals surface area contributed by atoms with Gasteiger partial charge >= 0.3 is 0 Å². The molecule has 0 N–H and O–H groups in total. The Morgan fingerprint density at radius 3 is 2.37 bits per heavy atom. The summed E-state index contributed by atoms with van der Waals surface area (Å²) >= 11 is 0. The Balaban J connectivity index is 1.38. The molecule has 0 aliphatic heterocycles. The summed E-state index contributed by atoms with van der Waals surface area (Å²) in [5.74, 6) is 3.35. The van der Waals surface area contributed by atoms with Crippen LogP contribution < -0.4 is 0 Å². The maximum atomic E-state index is 13.7. The molecule has 3 saturated carbocycles. The Bertz CT molecular complexity index is 664. The van der Waals surface area contributed by atoms with Crippen molar-refractivity contribution in [2.24, 2.45) is 29.6 Å². The van der Waals surface area contributed by atoms with Crippen LogP contribution >= 0.6 is 0 Å². The highest BCUT2D eigenvalue weighted by Crippen LogP contribution is 2.54. The highest BCUT2D eigenvalue weighted by Gasteiger charge is 2.44. The number of rotatable bonds is 4. The largest absolute Gasteiger partial charge is 0.204 e. The van der Waals surface area contributed by atoms with E-state index in [1.807, 2.05) is 6.07 Å². The lowest BCUT2D eigenvalue weighted by Gasteiger charge is -2.50. The first-order chi connectivity index (χ1) is 13.2. The van der Waals surface area contributed by atoms with Gasteiger partial charge in [-0.2, -0.15) is 0 Å². The van der Waals surface area contributed by atoms with Crippen LogP contribution in [0.25, 0.3) is 0 Å². The number of benzene rings is 1. The maximum absolute atomic E-state index is 13.7. The fraction of sp³-hybridized carbons (Fsp3) is 0.680. The molecule has 0 heterocycles. The lowest BCUT2D eigenvalue weighted by molar-refractivity contribution is 0.0127. The molecule has 27 heavy (non-hydrogen) atoms. The summed E-state index contributed by atoms with van der Waals surface area (Å²) in [7, 11) is 0. The minimum atomic E-state index is -0.724. The van der Waals surface area contributed by atoms with E-state index in [1.54, 1.807) is 0 Å². The predicted molar refractivity (Wildman–Crippen MR) is 108 cm³/mol. The number of unbranched alkanes of at least 4 members (excludes halogenated alkanes) is 1. The summed E-state index contributed by atoms with van der Waals surface area (Å²) in [5.41, 5.74) is 1.01. The molecule has 0 nitrogen and oxygen atoms in total. The predicted octanol–water partition coefficient (Wildman–Crippen LogP) is 7.65. The third-order valence-electron chi connectivity index (χ3n) is 7.86. The van der Waals surface area contributed by atoms with E-state index in [9.17, 15) is 8.78 Å². The molecular formula is C25H34F2. The molecule has 3 aliphatic carbocycles. The Hall–Kier alpha value is -1.18. The van der Waals surface area contributed by atoms with Crippen molar-refractivity contribution < 1.29 is 8.78 Å². The molecule has 6 unspecified atom stereocenters. The minimum absolute atomic E-state index is 0.422. The summed E-state index contributed by atoms with van der Waals surface area (Å²) in [6, 6.07) is 4.56. The molecule has 4 rings (SSSR count). The van der Waals surface area contributed by atoms with Crippen molar-refractivity contribution in [2.45, 2.75) is 77.0 Å². The molecule has 0 amide bonds. The lowest BCUT2D eigenvalue weighted by atomic mass is 9.55. The Labute approximate surface area is 163 Å². The van der Waals surface area contributed by atoms with Gasteiger partial charge in [0, 0.05) is 0 Å². The van der Waals surface area contributed by atoms with E-state index in [0.29, 0.717) is 5.92 Å². The number of halogens is 2. The summed E-state index contributed by atoms with van der Waals surface area (Å²) < 4.78 is 26.9. The van der Waals surface area contributed by atoms with Gasteiger partial charge in [0.1, 0.15) is 0 Å². The molecule has 0 bridgehead atoms. The van der Waals surface area contributed by atoms with E-state index < -0.39 is 11.6 Å². The van der Waals surface area contributed by atoms with E-state index in [2.05, 4.69) is 19.1 Å². The van der Waals surface area contributed by atoms with Crippen molar-refractivity contribution in [1.29, 1.82) is 0 Å². The van der Waals surface area contributed by atoms with Crippen LogP contribution in [0.5, 0.6) is 0 Å². The lowest BCUT2D eigenvalue weighted by Crippen LogP contribution is -2.41. The van der Waals surface area contributed by atoms with Gasteiger partial charge in [-0.25, -0.2) is 8.78 Å². The number of hydrogen-bond donors (Lipinski definition) is 0. The van der Waals surface area contributed by atoms with Crippen LogP contribution in [0.15, 0.2) is 30.4 Å². The zero-order valence-electron chi connectivity index (χ0n) is 16.7. The second kappa shape index (κ2) is 8.45. The van der Waals surface area contributed by atoms with Crippen LogP contribution in [0.3, 0.4) is 0 Å². The van der Waals surface area contributed by atoms with E-state index in [0.717, 1.165) is 41.6 Å². The fourth-order valence-corrected chi connectivity index (χ4v) is 6.53. The van der Waals surface area contributed by atoms with Crippen molar-refractivity contribution in [3.63, 3.8) is 0 Å². The third-order valence-corrected chi connectivity index (χ3v) is 7.86. The van der Waals surface area contributed by atoms with Gasteiger partial charge in [0.05, 0.1) is 0 Å². The monoisotopic (exact) mass is 372 g/mol. The molecule has 6 atom stereocenters. The van der Waals surface area contributed by atoms with E-state index in [4.69, 9.17) is 0 Å². The fourth-order valence-electron chi connectivity index (χ4n) is 6.53. The van der Waals surface area contributed by atoms with Crippen LogP contribution in [-0.4, -0.2) is 0 Å². The SMILES string of the molecule is CCC/C=C/C1CCC2C(CCC3CC(c4ccc(F)c(F)c4)CCC32)C1. The van der Waals surface area contributed by atoms with Gasteiger partial charge < -0.3 is 0 Å². The molecular weight excluding hydrogens is 338 g/mol. The van der Waals surface area contributed by atoms with E-state index in [1.165, 1.54) is 69.9 Å². The average Bonchev–Trinajstić information content (AvgIpc) is 2.69. The van der Waals surface area contributed by atoms with Gasteiger partial charge in [-0.05, 0) is 111 Å². The van der Waals surface area contributed by atoms with Gasteiger partial charge in [-0.15, -0.1) is 0 Å². The topological polar surface area (TPSA) is 0 Å². The first-order valence-electron chi connectivity index (χ1n) is 11.3. The molecule has 1 aromatic carbocycles. The van der Waals surface area contributed by atoms with Gasteiger partial charge in [0.25, 0.3) is 0 Å². The van der Waals surface area contributed by atoms with Crippen LogP contribution in [0.1, 0.15) is 82.6 Å². The van der Waals surface area contributed by atoms with Crippen LogP contribution in [0, 0.1) is 41.2 Å². The second-order valence-corrected chi connectivity index (χ2v) is 9.40. The highest BCUT2D eigenvalue weighted by atomic mass is 19.2. The second-order valence-electron chi connectivity index (χ2n) is 9.40. The van der Waals surface area contributed by atoms with Crippen molar-refractivity contribution in [3.05, 3.63) is 47.5 Å². The summed E-state index contributed by atoms with van der Waals surface area (Å²) in [6.45, 7) is 2.25. The van der Waals surface area contributed by atoms with Gasteiger partial charge in [-0.3, -0.25) is 0 Å². The smallest absolute Gasteiger partial charge is 0.159 e. The summed E-state index contributed by atoms with van der Waals surface area (Å²) in [6.07, 6.45) is 17.9. The van der Waals surface area contributed by atoms with Crippen molar-refractivity contribution in [2.75, 3.05) is 0 Å². The first-order valence-corrected chi connectivity index (χ1v) is 11.3.